The Morgan fingerprint density at radius 1 is 1.09 bits per heavy atom. The van der Waals surface area contributed by atoms with Crippen molar-refractivity contribution in [3.05, 3.63) is 64.7 Å². The van der Waals surface area contributed by atoms with Crippen LogP contribution in [-0.4, -0.2) is 45.9 Å². The molecule has 0 saturated heterocycles. The molecule has 0 fully saturated rings. The molecule has 0 bridgehead atoms. The molecule has 0 radical (unpaired) electrons. The molecular weight excluding hydrogens is 424 g/mol. The third-order valence-electron chi connectivity index (χ3n) is 4.59. The molecule has 8 heteroatoms. The van der Waals surface area contributed by atoms with Gasteiger partial charge in [0.25, 0.3) is 5.91 Å². The van der Waals surface area contributed by atoms with Crippen molar-refractivity contribution in [1.29, 1.82) is 5.26 Å². The quantitative estimate of drug-likeness (QED) is 0.227. The van der Waals surface area contributed by atoms with E-state index in [0.29, 0.717) is 48.8 Å². The van der Waals surface area contributed by atoms with E-state index in [1.54, 1.807) is 42.5 Å². The van der Waals surface area contributed by atoms with E-state index in [-0.39, 0.29) is 12.2 Å². The lowest BCUT2D eigenvalue weighted by Crippen LogP contribution is -2.26. The summed E-state index contributed by atoms with van der Waals surface area (Å²) in [5.41, 5.74) is 1.94. The summed E-state index contributed by atoms with van der Waals surface area (Å²) >= 11 is 0. The van der Waals surface area contributed by atoms with E-state index in [1.807, 2.05) is 13.0 Å². The fourth-order valence-electron chi connectivity index (χ4n) is 2.84. The highest BCUT2D eigenvalue weighted by molar-refractivity contribution is 6.01. The summed E-state index contributed by atoms with van der Waals surface area (Å²) < 4.78 is 21.2. The van der Waals surface area contributed by atoms with E-state index < -0.39 is 11.9 Å². The first-order valence-electron chi connectivity index (χ1n) is 10.5. The van der Waals surface area contributed by atoms with Crippen molar-refractivity contribution in [3.63, 3.8) is 0 Å². The Labute approximate surface area is 193 Å². The van der Waals surface area contributed by atoms with Crippen molar-refractivity contribution in [2.75, 3.05) is 34.0 Å². The molecule has 2 aromatic carbocycles. The highest BCUT2D eigenvalue weighted by atomic mass is 16.5. The molecule has 0 aromatic heterocycles. The van der Waals surface area contributed by atoms with Crippen molar-refractivity contribution in [2.45, 2.75) is 20.0 Å². The summed E-state index contributed by atoms with van der Waals surface area (Å²) in [5.74, 6) is 0.127. The predicted molar refractivity (Wildman–Crippen MR) is 123 cm³/mol. The molecule has 2 rings (SSSR count). The maximum atomic E-state index is 12.2. The molecule has 1 N–H and O–H groups in total. The SMILES string of the molecule is CCOCCCNC(=O)C(C#N)=Cc1ccc(OCc2ccc(C(=O)OC)cc2)c(OC)c1. The molecule has 0 heterocycles. The number of nitrogens with one attached hydrogen (secondary N) is 1. The van der Waals surface area contributed by atoms with E-state index in [1.165, 1.54) is 20.3 Å². The highest BCUT2D eigenvalue weighted by Gasteiger charge is 2.11. The number of esters is 1. The first-order valence-corrected chi connectivity index (χ1v) is 10.5. The van der Waals surface area contributed by atoms with Crippen LogP contribution in [0.5, 0.6) is 11.5 Å². The van der Waals surface area contributed by atoms with Crippen LogP contribution in [-0.2, 0) is 20.9 Å². The first kappa shape index (κ1) is 25.4. The largest absolute Gasteiger partial charge is 0.493 e. The van der Waals surface area contributed by atoms with Gasteiger partial charge in [-0.3, -0.25) is 4.79 Å². The molecule has 0 saturated carbocycles. The predicted octanol–water partition coefficient (Wildman–Crippen LogP) is 3.51. The van der Waals surface area contributed by atoms with Gasteiger partial charge >= 0.3 is 5.97 Å². The molecule has 0 unspecified atom stereocenters. The number of hydrogen-bond acceptors (Lipinski definition) is 7. The van der Waals surface area contributed by atoms with Gasteiger partial charge in [0, 0.05) is 19.8 Å². The molecule has 33 heavy (non-hydrogen) atoms. The van der Waals surface area contributed by atoms with Crippen molar-refractivity contribution in [2.24, 2.45) is 0 Å². The van der Waals surface area contributed by atoms with E-state index in [4.69, 9.17) is 14.2 Å². The fraction of sp³-hybridized carbons (Fsp3) is 0.320. The Kier molecular flexibility index (Phi) is 10.4. The van der Waals surface area contributed by atoms with Gasteiger partial charge in [-0.05, 0) is 54.8 Å². The lowest BCUT2D eigenvalue weighted by molar-refractivity contribution is -0.117. The Morgan fingerprint density at radius 3 is 2.48 bits per heavy atom. The Balaban J connectivity index is 2.03. The van der Waals surface area contributed by atoms with Gasteiger partial charge < -0.3 is 24.3 Å². The van der Waals surface area contributed by atoms with Crippen LogP contribution < -0.4 is 14.8 Å². The van der Waals surface area contributed by atoms with Crippen LogP contribution >= 0.6 is 0 Å². The minimum absolute atomic E-state index is 0.00664. The van der Waals surface area contributed by atoms with Crippen LogP contribution in [0.2, 0.25) is 0 Å². The summed E-state index contributed by atoms with van der Waals surface area (Å²) in [6, 6.07) is 14.0. The summed E-state index contributed by atoms with van der Waals surface area (Å²) in [5, 5.41) is 12.1. The fourth-order valence-corrected chi connectivity index (χ4v) is 2.84. The van der Waals surface area contributed by atoms with Gasteiger partial charge in [-0.15, -0.1) is 0 Å². The van der Waals surface area contributed by atoms with Crippen LogP contribution in [0.15, 0.2) is 48.0 Å². The van der Waals surface area contributed by atoms with Gasteiger partial charge in [0.05, 0.1) is 19.8 Å². The van der Waals surface area contributed by atoms with Crippen LogP contribution in [0.25, 0.3) is 6.08 Å². The van der Waals surface area contributed by atoms with Gasteiger partial charge in [-0.1, -0.05) is 18.2 Å². The minimum Gasteiger partial charge on any atom is -0.493 e. The van der Waals surface area contributed by atoms with Gasteiger partial charge in [0.15, 0.2) is 11.5 Å². The monoisotopic (exact) mass is 452 g/mol. The normalized spacial score (nSPS) is 10.8. The summed E-state index contributed by atoms with van der Waals surface area (Å²) in [4.78, 5) is 23.8. The Bertz CT molecular complexity index is 1010. The van der Waals surface area contributed by atoms with Gasteiger partial charge in [0.1, 0.15) is 18.2 Å². The van der Waals surface area contributed by atoms with Crippen molar-refractivity contribution in [1.82, 2.24) is 5.32 Å². The van der Waals surface area contributed by atoms with Crippen molar-refractivity contribution < 1.29 is 28.5 Å². The minimum atomic E-state index is -0.441. The van der Waals surface area contributed by atoms with Crippen LogP contribution in [0.1, 0.15) is 34.8 Å². The summed E-state index contributed by atoms with van der Waals surface area (Å²) in [6.07, 6.45) is 2.17. The molecule has 174 valence electrons. The number of carbonyl (C=O) groups is 2. The summed E-state index contributed by atoms with van der Waals surface area (Å²) in [7, 11) is 2.84. The number of hydrogen-bond donors (Lipinski definition) is 1. The molecule has 2 aromatic rings. The number of carbonyl (C=O) groups excluding carboxylic acids is 2. The second kappa shape index (κ2) is 13.6. The average Bonchev–Trinajstić information content (AvgIpc) is 2.85. The lowest BCUT2D eigenvalue weighted by atomic mass is 10.1. The number of benzene rings is 2. The van der Waals surface area contributed by atoms with Crippen LogP contribution in [0, 0.1) is 11.3 Å². The third-order valence-corrected chi connectivity index (χ3v) is 4.59. The van der Waals surface area contributed by atoms with E-state index in [0.717, 1.165) is 5.56 Å². The molecule has 8 nitrogen and oxygen atoms in total. The lowest BCUT2D eigenvalue weighted by Gasteiger charge is -2.12. The Hall–Kier alpha value is -3.83. The van der Waals surface area contributed by atoms with E-state index in [2.05, 4.69) is 10.1 Å². The first-order chi connectivity index (χ1) is 16.0. The number of methoxy groups -OCH3 is 2. The van der Waals surface area contributed by atoms with Gasteiger partial charge in [0.2, 0.25) is 0 Å². The zero-order chi connectivity index (χ0) is 24.1. The van der Waals surface area contributed by atoms with Crippen molar-refractivity contribution >= 4 is 18.0 Å². The third kappa shape index (κ3) is 7.98. The number of nitriles is 1. The standard InChI is InChI=1S/C25H28N2O6/c1-4-32-13-5-12-27-24(28)21(16-26)14-19-8-11-22(23(15-19)30-2)33-17-18-6-9-20(10-7-18)25(29)31-3/h6-11,14-15H,4-5,12-13,17H2,1-3H3,(H,27,28). The molecular formula is C25H28N2O6. The Morgan fingerprint density at radius 2 is 1.85 bits per heavy atom. The molecule has 0 spiro atoms. The molecule has 1 amide bonds. The number of ether oxygens (including phenoxy) is 4. The molecule has 0 aliphatic rings. The van der Waals surface area contributed by atoms with Gasteiger partial charge in [-0.2, -0.15) is 5.26 Å². The second-order valence-corrected chi connectivity index (χ2v) is 6.86. The smallest absolute Gasteiger partial charge is 0.337 e. The number of nitrogens with zero attached hydrogens (tertiary/aromatic N) is 1. The molecule has 0 aliphatic carbocycles. The zero-order valence-electron chi connectivity index (χ0n) is 19.1. The average molecular weight is 453 g/mol. The van der Waals surface area contributed by atoms with E-state index in [9.17, 15) is 14.9 Å². The topological polar surface area (TPSA) is 107 Å². The van der Waals surface area contributed by atoms with Crippen LogP contribution in [0.3, 0.4) is 0 Å². The summed E-state index contributed by atoms with van der Waals surface area (Å²) in [6.45, 7) is 3.77. The highest BCUT2D eigenvalue weighted by Crippen LogP contribution is 2.29. The number of amides is 1. The number of rotatable bonds is 12. The van der Waals surface area contributed by atoms with E-state index >= 15 is 0 Å². The van der Waals surface area contributed by atoms with Gasteiger partial charge in [-0.25, -0.2) is 4.79 Å². The van der Waals surface area contributed by atoms with Crippen molar-refractivity contribution in [3.8, 4) is 17.6 Å². The molecule has 0 aliphatic heterocycles. The maximum Gasteiger partial charge on any atom is 0.337 e. The molecule has 0 atom stereocenters. The maximum absolute atomic E-state index is 12.2. The van der Waals surface area contributed by atoms with Crippen LogP contribution in [0.4, 0.5) is 0 Å². The second-order valence-electron chi connectivity index (χ2n) is 6.86. The zero-order valence-corrected chi connectivity index (χ0v) is 19.1.